The predicted octanol–water partition coefficient (Wildman–Crippen LogP) is 2.00. The molecule has 1 saturated heterocycles. The van der Waals surface area contributed by atoms with Crippen molar-refractivity contribution in [1.29, 1.82) is 0 Å². The molecule has 4 rings (SSSR count). The van der Waals surface area contributed by atoms with Gasteiger partial charge in [-0.05, 0) is 32.1 Å². The number of nitrogens with zero attached hydrogens (tertiary/aromatic N) is 2. The molecule has 0 saturated carbocycles. The van der Waals surface area contributed by atoms with Gasteiger partial charge in [0.15, 0.2) is 0 Å². The van der Waals surface area contributed by atoms with Gasteiger partial charge in [-0.15, -0.1) is 0 Å². The first-order valence-corrected chi connectivity index (χ1v) is 7.72. The molecule has 1 aliphatic heterocycles. The van der Waals surface area contributed by atoms with Crippen LogP contribution in [-0.4, -0.2) is 21.9 Å². The van der Waals surface area contributed by atoms with Gasteiger partial charge in [0, 0.05) is 12.0 Å². The minimum atomic E-state index is -0.162. The maximum Gasteiger partial charge on any atom is 0.233 e. The maximum atomic E-state index is 12.5. The highest BCUT2D eigenvalue weighted by Crippen LogP contribution is 2.36. The summed E-state index contributed by atoms with van der Waals surface area (Å²) in [5.41, 5.74) is 1.90. The third-order valence-corrected chi connectivity index (χ3v) is 4.94. The lowest BCUT2D eigenvalue weighted by Gasteiger charge is -2.15. The Morgan fingerprint density at radius 3 is 2.48 bits per heavy atom. The molecule has 2 aliphatic carbocycles. The molecule has 0 spiro atoms. The Balaban J connectivity index is 1.59. The molecule has 2 amide bonds. The fourth-order valence-corrected chi connectivity index (χ4v) is 3.75. The van der Waals surface area contributed by atoms with Crippen molar-refractivity contribution in [2.45, 2.75) is 45.1 Å². The standard InChI is InChI=1S/C16H18N2O3/c19-15-10-5-1-2-6-11(10)16(20)18(15)9-13-12-7-3-4-8-14(12)21-17-13/h1-2,10-11H,3-9H2. The Morgan fingerprint density at radius 1 is 1.10 bits per heavy atom. The van der Waals surface area contributed by atoms with E-state index < -0.39 is 0 Å². The number of likely N-dealkylation sites (tertiary alicyclic amines) is 1. The Morgan fingerprint density at radius 2 is 1.76 bits per heavy atom. The fraction of sp³-hybridized carbons (Fsp3) is 0.562. The molecular formula is C16H18N2O3. The molecule has 3 aliphatic rings. The maximum absolute atomic E-state index is 12.5. The van der Waals surface area contributed by atoms with Gasteiger partial charge in [0.05, 0.1) is 18.4 Å². The molecule has 0 N–H and O–H groups in total. The van der Waals surface area contributed by atoms with Crippen LogP contribution in [0.25, 0.3) is 0 Å². The van der Waals surface area contributed by atoms with E-state index in [4.69, 9.17) is 4.52 Å². The molecule has 1 aromatic heterocycles. The van der Waals surface area contributed by atoms with Gasteiger partial charge in [-0.2, -0.15) is 0 Å². The van der Waals surface area contributed by atoms with Gasteiger partial charge >= 0.3 is 0 Å². The number of hydrogen-bond acceptors (Lipinski definition) is 4. The zero-order chi connectivity index (χ0) is 14.4. The summed E-state index contributed by atoms with van der Waals surface area (Å²) in [4.78, 5) is 26.3. The molecule has 2 heterocycles. The van der Waals surface area contributed by atoms with E-state index >= 15 is 0 Å². The average molecular weight is 286 g/mol. The number of amides is 2. The van der Waals surface area contributed by atoms with Gasteiger partial charge in [0.25, 0.3) is 0 Å². The highest BCUT2D eigenvalue weighted by Gasteiger charge is 2.47. The summed E-state index contributed by atoms with van der Waals surface area (Å²) in [7, 11) is 0. The summed E-state index contributed by atoms with van der Waals surface area (Å²) in [6, 6.07) is 0. The van der Waals surface area contributed by atoms with E-state index in [1.165, 1.54) is 4.90 Å². The van der Waals surface area contributed by atoms with Gasteiger partial charge in [-0.25, -0.2) is 0 Å². The van der Waals surface area contributed by atoms with Crippen LogP contribution in [0.1, 0.15) is 42.7 Å². The van der Waals surface area contributed by atoms with Crippen molar-refractivity contribution in [3.63, 3.8) is 0 Å². The molecule has 110 valence electrons. The highest BCUT2D eigenvalue weighted by molar-refractivity contribution is 6.05. The molecule has 0 radical (unpaired) electrons. The van der Waals surface area contributed by atoms with E-state index in [9.17, 15) is 9.59 Å². The van der Waals surface area contributed by atoms with Crippen LogP contribution in [0.2, 0.25) is 0 Å². The molecule has 21 heavy (non-hydrogen) atoms. The van der Waals surface area contributed by atoms with Gasteiger partial charge in [-0.1, -0.05) is 17.3 Å². The lowest BCUT2D eigenvalue weighted by atomic mass is 9.85. The van der Waals surface area contributed by atoms with Crippen molar-refractivity contribution < 1.29 is 14.1 Å². The van der Waals surface area contributed by atoms with Crippen LogP contribution in [0, 0.1) is 11.8 Å². The zero-order valence-corrected chi connectivity index (χ0v) is 11.9. The molecule has 0 bridgehead atoms. The van der Waals surface area contributed by atoms with Gasteiger partial charge in [0.1, 0.15) is 11.5 Å². The Hall–Kier alpha value is -1.91. The molecule has 5 heteroatoms. The van der Waals surface area contributed by atoms with Crippen LogP contribution in [0.3, 0.4) is 0 Å². The Kier molecular flexibility index (Phi) is 2.94. The van der Waals surface area contributed by atoms with Gasteiger partial charge < -0.3 is 4.52 Å². The Bertz CT molecular complexity index is 605. The lowest BCUT2D eigenvalue weighted by Crippen LogP contribution is -2.31. The van der Waals surface area contributed by atoms with Crippen LogP contribution >= 0.6 is 0 Å². The van der Waals surface area contributed by atoms with Crippen molar-refractivity contribution in [3.05, 3.63) is 29.2 Å². The Labute approximate surface area is 123 Å². The lowest BCUT2D eigenvalue weighted by molar-refractivity contribution is -0.140. The van der Waals surface area contributed by atoms with Crippen LogP contribution < -0.4 is 0 Å². The molecule has 1 aromatic rings. The van der Waals surface area contributed by atoms with E-state index in [-0.39, 0.29) is 30.2 Å². The monoisotopic (exact) mass is 286 g/mol. The number of imide groups is 1. The number of rotatable bonds is 2. The highest BCUT2D eigenvalue weighted by atomic mass is 16.5. The minimum absolute atomic E-state index is 0.0399. The SMILES string of the molecule is O=C1C2CC=CCC2C(=O)N1Cc1noc2c1CCCC2. The van der Waals surface area contributed by atoms with Crippen LogP contribution in [0.5, 0.6) is 0 Å². The summed E-state index contributed by atoms with van der Waals surface area (Å²) in [6.45, 7) is 0.281. The van der Waals surface area contributed by atoms with Crippen molar-refractivity contribution in [3.8, 4) is 0 Å². The van der Waals surface area contributed by atoms with E-state index in [1.54, 1.807) is 0 Å². The average Bonchev–Trinajstić information content (AvgIpc) is 3.04. The molecule has 1 fully saturated rings. The van der Waals surface area contributed by atoms with Crippen molar-refractivity contribution in [2.24, 2.45) is 11.8 Å². The van der Waals surface area contributed by atoms with Crippen LogP contribution in [-0.2, 0) is 29.0 Å². The third kappa shape index (κ3) is 1.94. The van der Waals surface area contributed by atoms with Gasteiger partial charge in [-0.3, -0.25) is 14.5 Å². The third-order valence-electron chi connectivity index (χ3n) is 4.94. The summed E-state index contributed by atoms with van der Waals surface area (Å²) in [6.07, 6.45) is 9.49. The molecule has 0 aromatic carbocycles. The number of fused-ring (bicyclic) bond motifs is 2. The second kappa shape index (κ2) is 4.83. The van der Waals surface area contributed by atoms with Crippen LogP contribution in [0.4, 0.5) is 0 Å². The number of aryl methyl sites for hydroxylation is 1. The first-order chi connectivity index (χ1) is 10.3. The number of aromatic nitrogens is 1. The first-order valence-electron chi connectivity index (χ1n) is 7.72. The number of allylic oxidation sites excluding steroid dienone is 2. The van der Waals surface area contributed by atoms with Crippen LogP contribution in [0.15, 0.2) is 16.7 Å². The quantitative estimate of drug-likeness (QED) is 0.616. The molecule has 2 unspecified atom stereocenters. The number of carbonyl (C=O) groups is 2. The van der Waals surface area contributed by atoms with E-state index in [1.807, 2.05) is 12.2 Å². The van der Waals surface area contributed by atoms with Crippen molar-refractivity contribution in [2.75, 3.05) is 0 Å². The first kappa shape index (κ1) is 12.8. The van der Waals surface area contributed by atoms with Crippen molar-refractivity contribution >= 4 is 11.8 Å². The minimum Gasteiger partial charge on any atom is -0.361 e. The normalized spacial score (nSPS) is 27.9. The second-order valence-electron chi connectivity index (χ2n) is 6.16. The smallest absolute Gasteiger partial charge is 0.233 e. The summed E-state index contributed by atoms with van der Waals surface area (Å²) in [5, 5.41) is 4.11. The van der Waals surface area contributed by atoms with Crippen molar-refractivity contribution in [1.82, 2.24) is 10.1 Å². The zero-order valence-electron chi connectivity index (χ0n) is 11.9. The summed E-state index contributed by atoms with van der Waals surface area (Å²) < 4.78 is 5.37. The molecule has 5 nitrogen and oxygen atoms in total. The van der Waals surface area contributed by atoms with E-state index in [0.717, 1.165) is 42.7 Å². The summed E-state index contributed by atoms with van der Waals surface area (Å²) in [5.74, 6) is 0.536. The predicted molar refractivity (Wildman–Crippen MR) is 74.1 cm³/mol. The number of hydrogen-bond donors (Lipinski definition) is 0. The topological polar surface area (TPSA) is 63.4 Å². The fourth-order valence-electron chi connectivity index (χ4n) is 3.75. The van der Waals surface area contributed by atoms with E-state index in [0.29, 0.717) is 12.8 Å². The molecular weight excluding hydrogens is 268 g/mol. The summed E-state index contributed by atoms with van der Waals surface area (Å²) >= 11 is 0. The molecule has 2 atom stereocenters. The number of carbonyl (C=O) groups excluding carboxylic acids is 2. The van der Waals surface area contributed by atoms with E-state index in [2.05, 4.69) is 5.16 Å². The second-order valence-corrected chi connectivity index (χ2v) is 6.16. The largest absolute Gasteiger partial charge is 0.361 e. The van der Waals surface area contributed by atoms with Gasteiger partial charge in [0.2, 0.25) is 11.8 Å².